The van der Waals surface area contributed by atoms with E-state index in [0.717, 1.165) is 5.56 Å². The van der Waals surface area contributed by atoms with Crippen LogP contribution in [0.4, 0.5) is 5.82 Å². The van der Waals surface area contributed by atoms with Gasteiger partial charge in [-0.2, -0.15) is 15.8 Å². The molecule has 0 N–H and O–H groups in total. The van der Waals surface area contributed by atoms with Crippen LogP contribution in [0.3, 0.4) is 0 Å². The van der Waals surface area contributed by atoms with Crippen molar-refractivity contribution in [2.24, 2.45) is 0 Å². The number of aromatic nitrogens is 2. The van der Waals surface area contributed by atoms with Gasteiger partial charge >= 0.3 is 0 Å². The van der Waals surface area contributed by atoms with Crippen LogP contribution < -0.4 is 4.90 Å². The van der Waals surface area contributed by atoms with Crippen molar-refractivity contribution >= 4 is 23.1 Å². The summed E-state index contributed by atoms with van der Waals surface area (Å²) in [5.41, 5.74) is 2.93. The Kier molecular flexibility index (Phi) is 5.06. The van der Waals surface area contributed by atoms with E-state index in [1.807, 2.05) is 23.2 Å². The molecule has 8 heteroatoms. The smallest absolute Gasteiger partial charge is 0.157 e. The SMILES string of the molecule is N#CCc1c(C#N)c(N2CCOCC2)n2cc(-c3ccc(Cl)cc3)nc2c1C#N. The quantitative estimate of drug-likeness (QED) is 0.666. The molecule has 0 radical (unpaired) electrons. The number of nitrogens with zero attached hydrogens (tertiary/aromatic N) is 6. The third kappa shape index (κ3) is 3.26. The summed E-state index contributed by atoms with van der Waals surface area (Å²) in [6.07, 6.45) is 1.78. The molecule has 1 aliphatic rings. The number of morpholine rings is 1. The van der Waals surface area contributed by atoms with Gasteiger partial charge in [-0.1, -0.05) is 23.7 Å². The maximum absolute atomic E-state index is 9.92. The van der Waals surface area contributed by atoms with Crippen LogP contribution in [0.15, 0.2) is 30.5 Å². The summed E-state index contributed by atoms with van der Waals surface area (Å²) in [7, 11) is 0. The van der Waals surface area contributed by atoms with Gasteiger partial charge in [0.05, 0.1) is 37.0 Å². The van der Waals surface area contributed by atoms with Crippen LogP contribution in [0.2, 0.25) is 5.02 Å². The lowest BCUT2D eigenvalue weighted by Crippen LogP contribution is -2.38. The number of halogens is 1. The first kappa shape index (κ1) is 18.8. The number of hydrogen-bond acceptors (Lipinski definition) is 6. The van der Waals surface area contributed by atoms with Gasteiger partial charge in [0.15, 0.2) is 5.65 Å². The molecule has 1 saturated heterocycles. The van der Waals surface area contributed by atoms with Crippen LogP contribution in [0.5, 0.6) is 0 Å². The Morgan fingerprint density at radius 1 is 1.03 bits per heavy atom. The van der Waals surface area contributed by atoms with Gasteiger partial charge in [0.2, 0.25) is 0 Å². The van der Waals surface area contributed by atoms with Gasteiger partial charge in [-0.3, -0.25) is 4.40 Å². The first-order valence-electron chi connectivity index (χ1n) is 9.01. The first-order chi connectivity index (χ1) is 14.2. The van der Waals surface area contributed by atoms with Gasteiger partial charge in [-0.25, -0.2) is 4.98 Å². The second-order valence-corrected chi connectivity index (χ2v) is 6.97. The average Bonchev–Trinajstić information content (AvgIpc) is 3.18. The summed E-state index contributed by atoms with van der Waals surface area (Å²) >= 11 is 5.99. The highest BCUT2D eigenvalue weighted by molar-refractivity contribution is 6.30. The molecule has 4 rings (SSSR count). The highest BCUT2D eigenvalue weighted by atomic mass is 35.5. The number of fused-ring (bicyclic) bond motifs is 1. The molecule has 0 amide bonds. The third-order valence-corrected chi connectivity index (χ3v) is 5.17. The molecule has 0 atom stereocenters. The summed E-state index contributed by atoms with van der Waals surface area (Å²) in [4.78, 5) is 6.72. The number of hydrogen-bond donors (Lipinski definition) is 0. The highest BCUT2D eigenvalue weighted by Crippen LogP contribution is 2.33. The van der Waals surface area contributed by atoms with Crippen molar-refractivity contribution in [3.8, 4) is 29.5 Å². The Morgan fingerprint density at radius 3 is 2.34 bits per heavy atom. The van der Waals surface area contributed by atoms with E-state index in [1.54, 1.807) is 16.5 Å². The summed E-state index contributed by atoms with van der Waals surface area (Å²) in [6.45, 7) is 2.30. The minimum absolute atomic E-state index is 0.0389. The van der Waals surface area contributed by atoms with E-state index in [9.17, 15) is 15.8 Å². The fourth-order valence-electron chi connectivity index (χ4n) is 3.57. The zero-order valence-corrected chi connectivity index (χ0v) is 16.1. The van der Waals surface area contributed by atoms with Crippen LogP contribution in [0, 0.1) is 34.0 Å². The average molecular weight is 403 g/mol. The summed E-state index contributed by atoms with van der Waals surface area (Å²) in [6, 6.07) is 13.7. The van der Waals surface area contributed by atoms with Gasteiger partial charge in [0.25, 0.3) is 0 Å². The Labute approximate surface area is 172 Å². The molecule has 0 saturated carbocycles. The van der Waals surface area contributed by atoms with E-state index in [1.165, 1.54) is 0 Å². The predicted octanol–water partition coefficient (Wildman–Crippen LogP) is 3.30. The van der Waals surface area contributed by atoms with Crippen LogP contribution in [0.1, 0.15) is 16.7 Å². The van der Waals surface area contributed by atoms with E-state index in [2.05, 4.69) is 23.2 Å². The number of rotatable bonds is 3. The topological polar surface area (TPSA) is 101 Å². The highest BCUT2D eigenvalue weighted by Gasteiger charge is 2.26. The number of nitriles is 3. The number of anilines is 1. The molecule has 1 aliphatic heterocycles. The largest absolute Gasteiger partial charge is 0.378 e. The fourth-order valence-corrected chi connectivity index (χ4v) is 3.70. The maximum Gasteiger partial charge on any atom is 0.157 e. The van der Waals surface area contributed by atoms with Crippen molar-refractivity contribution in [1.82, 2.24) is 9.38 Å². The molecule has 1 fully saturated rings. The molecule has 0 aliphatic carbocycles. The number of ether oxygens (including phenoxy) is 1. The van der Waals surface area contributed by atoms with Gasteiger partial charge in [0, 0.05) is 35.4 Å². The van der Waals surface area contributed by atoms with Gasteiger partial charge in [-0.05, 0) is 12.1 Å². The van der Waals surface area contributed by atoms with E-state index in [4.69, 9.17) is 16.3 Å². The Balaban J connectivity index is 2.04. The van der Waals surface area contributed by atoms with Gasteiger partial charge in [0.1, 0.15) is 23.5 Å². The van der Waals surface area contributed by atoms with Gasteiger partial charge < -0.3 is 9.64 Å². The molecular formula is C21H15ClN6O. The van der Waals surface area contributed by atoms with E-state index < -0.39 is 0 Å². The molecule has 7 nitrogen and oxygen atoms in total. The predicted molar refractivity (Wildman–Crippen MR) is 107 cm³/mol. The molecule has 1 aromatic carbocycles. The lowest BCUT2D eigenvalue weighted by atomic mass is 10.0. The second kappa shape index (κ2) is 7.81. The molecule has 0 spiro atoms. The standard InChI is InChI=1S/C21H15ClN6O/c22-15-3-1-14(2-4-15)19-13-28-20(26-19)17(11-24)16(5-6-23)18(12-25)21(28)27-7-9-29-10-8-27/h1-4,13H,5,7-10H2. The van der Waals surface area contributed by atoms with Gasteiger partial charge in [-0.15, -0.1) is 0 Å². The lowest BCUT2D eigenvalue weighted by Gasteiger charge is -2.30. The van der Waals surface area contributed by atoms with Crippen molar-refractivity contribution < 1.29 is 4.74 Å². The monoisotopic (exact) mass is 402 g/mol. The molecule has 29 heavy (non-hydrogen) atoms. The zero-order chi connectivity index (χ0) is 20.4. The van der Waals surface area contributed by atoms with Crippen molar-refractivity contribution in [2.75, 3.05) is 31.2 Å². The maximum atomic E-state index is 9.92. The first-order valence-corrected chi connectivity index (χ1v) is 9.39. The summed E-state index contributed by atoms with van der Waals surface area (Å²) < 4.78 is 7.23. The number of imidazole rings is 1. The fraction of sp³-hybridized carbons (Fsp3) is 0.238. The minimum atomic E-state index is -0.0389. The third-order valence-electron chi connectivity index (χ3n) is 4.91. The second-order valence-electron chi connectivity index (χ2n) is 6.54. The zero-order valence-electron chi connectivity index (χ0n) is 15.4. The van der Waals surface area contributed by atoms with Crippen molar-refractivity contribution in [1.29, 1.82) is 15.8 Å². The molecule has 3 heterocycles. The van der Waals surface area contributed by atoms with Crippen molar-refractivity contribution in [3.05, 3.63) is 52.2 Å². The molecular weight excluding hydrogens is 388 g/mol. The van der Waals surface area contributed by atoms with Crippen molar-refractivity contribution in [2.45, 2.75) is 6.42 Å². The van der Waals surface area contributed by atoms with E-state index in [0.29, 0.717) is 59.6 Å². The molecule has 142 valence electrons. The Morgan fingerprint density at radius 2 is 1.72 bits per heavy atom. The van der Waals surface area contributed by atoms with E-state index >= 15 is 0 Å². The van der Waals surface area contributed by atoms with Crippen LogP contribution in [0.25, 0.3) is 16.9 Å². The summed E-state index contributed by atoms with van der Waals surface area (Å²) in [5.74, 6) is 0.641. The molecule has 0 unspecified atom stereocenters. The Hall–Kier alpha value is -3.57. The van der Waals surface area contributed by atoms with Crippen LogP contribution in [-0.2, 0) is 11.2 Å². The van der Waals surface area contributed by atoms with Crippen LogP contribution in [-0.4, -0.2) is 35.7 Å². The number of pyridine rings is 1. The molecule has 2 aromatic heterocycles. The van der Waals surface area contributed by atoms with Crippen LogP contribution >= 0.6 is 11.6 Å². The molecule has 0 bridgehead atoms. The molecule has 3 aromatic rings. The lowest BCUT2D eigenvalue weighted by molar-refractivity contribution is 0.122. The van der Waals surface area contributed by atoms with Crippen molar-refractivity contribution in [3.63, 3.8) is 0 Å². The summed E-state index contributed by atoms with van der Waals surface area (Å²) in [5, 5.41) is 29.6. The minimum Gasteiger partial charge on any atom is -0.378 e. The number of benzene rings is 1. The Bertz CT molecular complexity index is 1200. The van der Waals surface area contributed by atoms with E-state index in [-0.39, 0.29) is 12.0 Å². The normalized spacial score (nSPS) is 13.7.